The lowest BCUT2D eigenvalue weighted by atomic mass is 9.96. The second kappa shape index (κ2) is 7.16. The van der Waals surface area contributed by atoms with E-state index in [1.165, 1.54) is 6.26 Å². The first kappa shape index (κ1) is 16.0. The molecule has 0 unspecified atom stereocenters. The van der Waals surface area contributed by atoms with Crippen molar-refractivity contribution >= 4 is 17.6 Å². The van der Waals surface area contributed by atoms with E-state index in [0.717, 1.165) is 12.8 Å². The second-order valence-corrected chi connectivity index (χ2v) is 5.87. The summed E-state index contributed by atoms with van der Waals surface area (Å²) in [5, 5.41) is 2.87. The van der Waals surface area contributed by atoms with Crippen LogP contribution in [-0.4, -0.2) is 41.3 Å². The highest BCUT2D eigenvalue weighted by Crippen LogP contribution is 2.18. The second-order valence-electron chi connectivity index (χ2n) is 5.87. The Morgan fingerprint density at radius 2 is 2.04 bits per heavy atom. The molecule has 7 nitrogen and oxygen atoms in total. The SMILES string of the molecule is Nc1cccc(C(=O)N2CCC(CNC(=O)c3ccco3)CC2)n1. The van der Waals surface area contributed by atoms with Gasteiger partial charge >= 0.3 is 0 Å². The van der Waals surface area contributed by atoms with Crippen molar-refractivity contribution in [3.8, 4) is 0 Å². The van der Waals surface area contributed by atoms with Crippen LogP contribution in [0.25, 0.3) is 0 Å². The molecule has 0 bridgehead atoms. The van der Waals surface area contributed by atoms with Gasteiger partial charge in [-0.2, -0.15) is 0 Å². The molecule has 3 N–H and O–H groups in total. The summed E-state index contributed by atoms with van der Waals surface area (Å²) in [4.78, 5) is 30.1. The van der Waals surface area contributed by atoms with E-state index in [2.05, 4.69) is 10.3 Å². The zero-order valence-corrected chi connectivity index (χ0v) is 13.3. The number of amides is 2. The van der Waals surface area contributed by atoms with E-state index in [1.807, 2.05) is 0 Å². The third-order valence-electron chi connectivity index (χ3n) is 4.19. The smallest absolute Gasteiger partial charge is 0.286 e. The molecular weight excluding hydrogens is 308 g/mol. The van der Waals surface area contributed by atoms with Crippen molar-refractivity contribution in [2.45, 2.75) is 12.8 Å². The van der Waals surface area contributed by atoms with E-state index < -0.39 is 0 Å². The van der Waals surface area contributed by atoms with Gasteiger partial charge in [0.2, 0.25) is 0 Å². The topological polar surface area (TPSA) is 101 Å². The number of hydrogen-bond acceptors (Lipinski definition) is 5. The van der Waals surface area contributed by atoms with E-state index in [-0.39, 0.29) is 11.8 Å². The van der Waals surface area contributed by atoms with Crippen molar-refractivity contribution in [2.75, 3.05) is 25.4 Å². The molecule has 3 rings (SSSR count). The fourth-order valence-electron chi connectivity index (χ4n) is 2.80. The molecule has 1 aliphatic heterocycles. The minimum Gasteiger partial charge on any atom is -0.459 e. The first-order valence-electron chi connectivity index (χ1n) is 7.97. The Hall–Kier alpha value is -2.83. The minimum absolute atomic E-state index is 0.0969. The van der Waals surface area contributed by atoms with Crippen molar-refractivity contribution in [1.29, 1.82) is 0 Å². The molecule has 0 atom stereocenters. The predicted molar refractivity (Wildman–Crippen MR) is 88.3 cm³/mol. The highest BCUT2D eigenvalue weighted by Gasteiger charge is 2.25. The van der Waals surface area contributed by atoms with Crippen LogP contribution in [0.2, 0.25) is 0 Å². The third kappa shape index (κ3) is 3.73. The van der Waals surface area contributed by atoms with E-state index in [9.17, 15) is 9.59 Å². The Kier molecular flexibility index (Phi) is 4.79. The van der Waals surface area contributed by atoms with Gasteiger partial charge in [0, 0.05) is 19.6 Å². The summed E-state index contributed by atoms with van der Waals surface area (Å²) in [6, 6.07) is 8.38. The van der Waals surface area contributed by atoms with E-state index in [1.54, 1.807) is 35.2 Å². The van der Waals surface area contributed by atoms with Gasteiger partial charge in [0.1, 0.15) is 11.5 Å². The lowest BCUT2D eigenvalue weighted by molar-refractivity contribution is 0.0678. The van der Waals surface area contributed by atoms with Gasteiger partial charge < -0.3 is 20.4 Å². The number of furan rings is 1. The fraction of sp³-hybridized carbons (Fsp3) is 0.353. The summed E-state index contributed by atoms with van der Waals surface area (Å²) in [5.41, 5.74) is 6.00. The van der Waals surface area contributed by atoms with E-state index in [4.69, 9.17) is 10.2 Å². The number of carbonyl (C=O) groups excluding carboxylic acids is 2. The number of nitrogens with two attached hydrogens (primary N) is 1. The largest absolute Gasteiger partial charge is 0.459 e. The first-order valence-corrected chi connectivity index (χ1v) is 7.97. The van der Waals surface area contributed by atoms with E-state index >= 15 is 0 Å². The average molecular weight is 328 g/mol. The molecule has 0 aliphatic carbocycles. The van der Waals surface area contributed by atoms with Gasteiger partial charge in [-0.25, -0.2) is 4.98 Å². The molecule has 7 heteroatoms. The Morgan fingerprint density at radius 1 is 1.25 bits per heavy atom. The molecule has 2 aromatic heterocycles. The van der Waals surface area contributed by atoms with Crippen LogP contribution in [0.1, 0.15) is 33.9 Å². The van der Waals surface area contributed by atoms with E-state index in [0.29, 0.717) is 42.8 Å². The molecule has 3 heterocycles. The summed E-state index contributed by atoms with van der Waals surface area (Å²) in [6.45, 7) is 1.88. The van der Waals surface area contributed by atoms with Gasteiger partial charge in [-0.15, -0.1) is 0 Å². The van der Waals surface area contributed by atoms with Crippen molar-refractivity contribution in [1.82, 2.24) is 15.2 Å². The molecule has 24 heavy (non-hydrogen) atoms. The normalized spacial score (nSPS) is 15.2. The van der Waals surface area contributed by atoms with Crippen molar-refractivity contribution in [3.63, 3.8) is 0 Å². The van der Waals surface area contributed by atoms with Gasteiger partial charge in [0.25, 0.3) is 11.8 Å². The van der Waals surface area contributed by atoms with Gasteiger partial charge in [0.15, 0.2) is 5.76 Å². The molecule has 2 amide bonds. The number of nitrogen functional groups attached to an aromatic ring is 1. The first-order chi connectivity index (χ1) is 11.6. The standard InChI is InChI=1S/C17H20N4O3/c18-15-5-1-3-13(20-15)17(23)21-8-6-12(7-9-21)11-19-16(22)14-4-2-10-24-14/h1-5,10,12H,6-9,11H2,(H2,18,20)(H,19,22). The summed E-state index contributed by atoms with van der Waals surface area (Å²) < 4.78 is 5.06. The van der Waals surface area contributed by atoms with Crippen LogP contribution in [-0.2, 0) is 0 Å². The maximum Gasteiger partial charge on any atom is 0.286 e. The van der Waals surface area contributed by atoms with Crippen LogP contribution in [0, 0.1) is 5.92 Å². The molecule has 0 spiro atoms. The Bertz CT molecular complexity index is 706. The fourth-order valence-corrected chi connectivity index (χ4v) is 2.80. The number of piperidine rings is 1. The molecule has 0 saturated carbocycles. The number of carbonyl (C=O) groups is 2. The molecule has 1 saturated heterocycles. The summed E-state index contributed by atoms with van der Waals surface area (Å²) in [5.74, 6) is 0.705. The molecule has 0 radical (unpaired) electrons. The number of rotatable bonds is 4. The monoisotopic (exact) mass is 328 g/mol. The molecule has 2 aromatic rings. The maximum absolute atomic E-state index is 12.4. The lowest BCUT2D eigenvalue weighted by Gasteiger charge is -2.31. The number of nitrogens with zero attached hydrogens (tertiary/aromatic N) is 2. The molecule has 0 aromatic carbocycles. The number of nitrogens with one attached hydrogen (secondary N) is 1. The predicted octanol–water partition coefficient (Wildman–Crippen LogP) is 1.54. The Labute approximate surface area is 139 Å². The minimum atomic E-state index is -0.206. The van der Waals surface area contributed by atoms with Gasteiger partial charge in [0.05, 0.1) is 6.26 Å². The van der Waals surface area contributed by atoms with Crippen LogP contribution in [0.4, 0.5) is 5.82 Å². The average Bonchev–Trinajstić information content (AvgIpc) is 3.14. The number of pyridine rings is 1. The van der Waals surface area contributed by atoms with Crippen LogP contribution in [0.5, 0.6) is 0 Å². The number of aromatic nitrogens is 1. The van der Waals surface area contributed by atoms with Crippen LogP contribution in [0.15, 0.2) is 41.0 Å². The summed E-state index contributed by atoms with van der Waals surface area (Å²) in [6.07, 6.45) is 3.16. The van der Waals surface area contributed by atoms with Crippen molar-refractivity contribution < 1.29 is 14.0 Å². The lowest BCUT2D eigenvalue weighted by Crippen LogP contribution is -2.41. The quantitative estimate of drug-likeness (QED) is 0.886. The van der Waals surface area contributed by atoms with Gasteiger partial charge in [-0.1, -0.05) is 6.07 Å². The van der Waals surface area contributed by atoms with Crippen molar-refractivity contribution in [2.24, 2.45) is 5.92 Å². The highest BCUT2D eigenvalue weighted by molar-refractivity contribution is 5.92. The summed E-state index contributed by atoms with van der Waals surface area (Å²) >= 11 is 0. The van der Waals surface area contributed by atoms with Crippen LogP contribution < -0.4 is 11.1 Å². The van der Waals surface area contributed by atoms with Crippen LogP contribution >= 0.6 is 0 Å². The summed E-state index contributed by atoms with van der Waals surface area (Å²) in [7, 11) is 0. The molecule has 126 valence electrons. The molecule has 1 fully saturated rings. The van der Waals surface area contributed by atoms with Crippen molar-refractivity contribution in [3.05, 3.63) is 48.0 Å². The van der Waals surface area contributed by atoms with Gasteiger partial charge in [-0.05, 0) is 43.0 Å². The number of likely N-dealkylation sites (tertiary alicyclic amines) is 1. The van der Waals surface area contributed by atoms with Gasteiger partial charge in [-0.3, -0.25) is 9.59 Å². The zero-order chi connectivity index (χ0) is 16.9. The highest BCUT2D eigenvalue weighted by atomic mass is 16.3. The third-order valence-corrected chi connectivity index (χ3v) is 4.19. The molecular formula is C17H20N4O3. The maximum atomic E-state index is 12.4. The van der Waals surface area contributed by atoms with Crippen LogP contribution in [0.3, 0.4) is 0 Å². The number of hydrogen-bond donors (Lipinski definition) is 2. The Morgan fingerprint density at radius 3 is 2.71 bits per heavy atom. The molecule has 1 aliphatic rings. The Balaban J connectivity index is 1.47. The number of anilines is 1. The zero-order valence-electron chi connectivity index (χ0n) is 13.3.